The fourth-order valence-electron chi connectivity index (χ4n) is 2.33. The van der Waals surface area contributed by atoms with Crippen LogP contribution in [0.3, 0.4) is 0 Å². The lowest BCUT2D eigenvalue weighted by Gasteiger charge is -2.20. The lowest BCUT2D eigenvalue weighted by Crippen LogP contribution is -2.25. The van der Waals surface area contributed by atoms with Crippen molar-refractivity contribution in [2.75, 3.05) is 13.2 Å². The zero-order valence-electron chi connectivity index (χ0n) is 15.2. The summed E-state index contributed by atoms with van der Waals surface area (Å²) in [5.74, 6) is -0.127. The van der Waals surface area contributed by atoms with Gasteiger partial charge in [-0.05, 0) is 6.42 Å². The first-order chi connectivity index (χ1) is 10.5. The van der Waals surface area contributed by atoms with E-state index in [2.05, 4.69) is 6.92 Å². The van der Waals surface area contributed by atoms with Crippen molar-refractivity contribution in [1.29, 1.82) is 0 Å². The standard InChI is InChI=1S/C19H38O3/c1-4-5-6-7-8-9-10-11-12-13-14-15-18(21)22-17-19(2,3)16-20/h20H,4-17H2,1-3H3. The highest BCUT2D eigenvalue weighted by atomic mass is 16.5. The summed E-state index contributed by atoms with van der Waals surface area (Å²) in [6, 6.07) is 0. The van der Waals surface area contributed by atoms with Crippen LogP contribution in [0, 0.1) is 5.41 Å². The molecule has 132 valence electrons. The number of hydrogen-bond acceptors (Lipinski definition) is 3. The Labute approximate surface area is 137 Å². The summed E-state index contributed by atoms with van der Waals surface area (Å²) in [6.45, 7) is 6.38. The van der Waals surface area contributed by atoms with E-state index >= 15 is 0 Å². The maximum Gasteiger partial charge on any atom is 0.305 e. The van der Waals surface area contributed by atoms with Crippen molar-refractivity contribution >= 4 is 5.97 Å². The summed E-state index contributed by atoms with van der Waals surface area (Å²) in [6.07, 6.45) is 14.6. The summed E-state index contributed by atoms with van der Waals surface area (Å²) < 4.78 is 5.19. The third-order valence-corrected chi connectivity index (χ3v) is 4.04. The van der Waals surface area contributed by atoms with Crippen LogP contribution in [0.15, 0.2) is 0 Å². The fraction of sp³-hybridized carbons (Fsp3) is 0.947. The number of unbranched alkanes of at least 4 members (excludes halogenated alkanes) is 10. The number of carbonyl (C=O) groups excluding carboxylic acids is 1. The lowest BCUT2D eigenvalue weighted by molar-refractivity contribution is -0.147. The zero-order chi connectivity index (χ0) is 16.7. The van der Waals surface area contributed by atoms with Crippen LogP contribution in [0.4, 0.5) is 0 Å². The molecule has 0 aliphatic heterocycles. The largest absolute Gasteiger partial charge is 0.465 e. The molecule has 3 nitrogen and oxygen atoms in total. The van der Waals surface area contributed by atoms with Gasteiger partial charge in [-0.1, -0.05) is 85.0 Å². The van der Waals surface area contributed by atoms with Gasteiger partial charge in [0.2, 0.25) is 0 Å². The minimum Gasteiger partial charge on any atom is -0.465 e. The molecule has 0 aliphatic carbocycles. The van der Waals surface area contributed by atoms with Crippen molar-refractivity contribution in [2.24, 2.45) is 5.41 Å². The smallest absolute Gasteiger partial charge is 0.305 e. The Morgan fingerprint density at radius 2 is 1.32 bits per heavy atom. The molecular weight excluding hydrogens is 276 g/mol. The van der Waals surface area contributed by atoms with Gasteiger partial charge in [0.25, 0.3) is 0 Å². The molecule has 0 heterocycles. The third kappa shape index (κ3) is 14.4. The van der Waals surface area contributed by atoms with Crippen molar-refractivity contribution in [3.63, 3.8) is 0 Å². The third-order valence-electron chi connectivity index (χ3n) is 4.04. The molecule has 0 aromatic rings. The molecule has 0 fully saturated rings. The fourth-order valence-corrected chi connectivity index (χ4v) is 2.33. The monoisotopic (exact) mass is 314 g/mol. The van der Waals surface area contributed by atoms with Gasteiger partial charge < -0.3 is 9.84 Å². The Bertz CT molecular complexity index is 261. The highest BCUT2D eigenvalue weighted by Crippen LogP contribution is 2.15. The average Bonchev–Trinajstić information content (AvgIpc) is 2.50. The van der Waals surface area contributed by atoms with Crippen molar-refractivity contribution in [2.45, 2.75) is 97.8 Å². The molecule has 0 saturated heterocycles. The Morgan fingerprint density at radius 1 is 0.864 bits per heavy atom. The molecule has 0 atom stereocenters. The SMILES string of the molecule is CCCCCCCCCCCCCC(=O)OCC(C)(C)CO. The van der Waals surface area contributed by atoms with Gasteiger partial charge in [0.15, 0.2) is 0 Å². The predicted molar refractivity (Wildman–Crippen MR) is 92.9 cm³/mol. The average molecular weight is 315 g/mol. The summed E-state index contributed by atoms with van der Waals surface area (Å²) in [5.41, 5.74) is -0.327. The number of hydrogen-bond donors (Lipinski definition) is 1. The molecule has 22 heavy (non-hydrogen) atoms. The van der Waals surface area contributed by atoms with Crippen molar-refractivity contribution < 1.29 is 14.6 Å². The minimum absolute atomic E-state index is 0.0404. The predicted octanol–water partition coefficient (Wildman–Crippen LogP) is 5.25. The molecule has 1 N–H and O–H groups in total. The van der Waals surface area contributed by atoms with E-state index in [1.807, 2.05) is 13.8 Å². The van der Waals surface area contributed by atoms with Crippen molar-refractivity contribution in [1.82, 2.24) is 0 Å². The first-order valence-corrected chi connectivity index (χ1v) is 9.28. The highest BCUT2D eigenvalue weighted by Gasteiger charge is 2.18. The molecular formula is C19H38O3. The van der Waals surface area contributed by atoms with E-state index in [-0.39, 0.29) is 18.0 Å². The molecule has 0 bridgehead atoms. The van der Waals surface area contributed by atoms with Gasteiger partial charge in [-0.3, -0.25) is 4.79 Å². The second kappa shape index (κ2) is 14.0. The molecule has 0 aliphatic rings. The van der Waals surface area contributed by atoms with Gasteiger partial charge in [-0.25, -0.2) is 0 Å². The number of ether oxygens (including phenoxy) is 1. The van der Waals surface area contributed by atoms with Gasteiger partial charge in [0.1, 0.15) is 0 Å². The van der Waals surface area contributed by atoms with Crippen LogP contribution in [-0.4, -0.2) is 24.3 Å². The van der Waals surface area contributed by atoms with E-state index in [1.165, 1.54) is 57.8 Å². The summed E-state index contributed by atoms with van der Waals surface area (Å²) >= 11 is 0. The Balaban J connectivity index is 3.27. The molecule has 0 saturated carbocycles. The van der Waals surface area contributed by atoms with Crippen LogP contribution in [0.5, 0.6) is 0 Å². The van der Waals surface area contributed by atoms with Crippen LogP contribution in [0.25, 0.3) is 0 Å². The molecule has 0 radical (unpaired) electrons. The van der Waals surface area contributed by atoms with Gasteiger partial charge >= 0.3 is 5.97 Å². The van der Waals surface area contributed by atoms with E-state index < -0.39 is 0 Å². The molecule has 3 heteroatoms. The van der Waals surface area contributed by atoms with E-state index in [4.69, 9.17) is 9.84 Å². The molecule has 0 rings (SSSR count). The molecule has 0 aromatic carbocycles. The first-order valence-electron chi connectivity index (χ1n) is 9.28. The number of carbonyl (C=O) groups is 1. The highest BCUT2D eigenvalue weighted by molar-refractivity contribution is 5.69. The van der Waals surface area contributed by atoms with E-state index in [9.17, 15) is 4.79 Å². The minimum atomic E-state index is -0.327. The van der Waals surface area contributed by atoms with E-state index in [0.29, 0.717) is 13.0 Å². The Hall–Kier alpha value is -0.570. The normalized spacial score (nSPS) is 11.6. The lowest BCUT2D eigenvalue weighted by atomic mass is 9.96. The quantitative estimate of drug-likeness (QED) is 0.332. The number of aliphatic hydroxyl groups excluding tert-OH is 1. The molecule has 0 unspecified atom stereocenters. The maximum absolute atomic E-state index is 11.6. The Kier molecular flexibility index (Phi) is 13.7. The van der Waals surface area contributed by atoms with E-state index in [1.54, 1.807) is 0 Å². The van der Waals surface area contributed by atoms with Crippen molar-refractivity contribution in [3.05, 3.63) is 0 Å². The van der Waals surface area contributed by atoms with Crippen LogP contribution < -0.4 is 0 Å². The second-order valence-corrected chi connectivity index (χ2v) is 7.27. The number of aliphatic hydroxyl groups is 1. The van der Waals surface area contributed by atoms with Crippen LogP contribution >= 0.6 is 0 Å². The molecule has 0 aromatic heterocycles. The van der Waals surface area contributed by atoms with Gasteiger partial charge in [-0.2, -0.15) is 0 Å². The van der Waals surface area contributed by atoms with Gasteiger partial charge in [-0.15, -0.1) is 0 Å². The topological polar surface area (TPSA) is 46.5 Å². The molecule has 0 spiro atoms. The van der Waals surface area contributed by atoms with Crippen LogP contribution in [0.2, 0.25) is 0 Å². The van der Waals surface area contributed by atoms with Crippen molar-refractivity contribution in [3.8, 4) is 0 Å². The summed E-state index contributed by atoms with van der Waals surface area (Å²) in [4.78, 5) is 11.6. The first kappa shape index (κ1) is 21.4. The zero-order valence-corrected chi connectivity index (χ0v) is 15.2. The number of esters is 1. The van der Waals surface area contributed by atoms with Gasteiger partial charge in [0.05, 0.1) is 13.2 Å². The van der Waals surface area contributed by atoms with Crippen LogP contribution in [0.1, 0.15) is 97.8 Å². The number of rotatable bonds is 15. The maximum atomic E-state index is 11.6. The van der Waals surface area contributed by atoms with E-state index in [0.717, 1.165) is 12.8 Å². The summed E-state index contributed by atoms with van der Waals surface area (Å²) in [5, 5.41) is 9.09. The van der Waals surface area contributed by atoms with Gasteiger partial charge in [0, 0.05) is 11.8 Å². The molecule has 0 amide bonds. The Morgan fingerprint density at radius 3 is 1.77 bits per heavy atom. The second-order valence-electron chi connectivity index (χ2n) is 7.27. The summed E-state index contributed by atoms with van der Waals surface area (Å²) in [7, 11) is 0. The van der Waals surface area contributed by atoms with Crippen LogP contribution in [-0.2, 0) is 9.53 Å².